The molecule has 5 heteroatoms. The van der Waals surface area contributed by atoms with E-state index < -0.39 is 5.97 Å². The van der Waals surface area contributed by atoms with Crippen molar-refractivity contribution < 1.29 is 14.3 Å². The van der Waals surface area contributed by atoms with Crippen LogP contribution in [0, 0.1) is 13.8 Å². The van der Waals surface area contributed by atoms with Gasteiger partial charge in [0.05, 0.1) is 0 Å². The van der Waals surface area contributed by atoms with Crippen molar-refractivity contribution in [1.29, 1.82) is 0 Å². The fourth-order valence-electron chi connectivity index (χ4n) is 2.65. The third-order valence-corrected chi connectivity index (χ3v) is 5.29. The fraction of sp³-hybridized carbons (Fsp3) is 0.333. The Morgan fingerprint density at radius 3 is 2.74 bits per heavy atom. The number of nitrogens with one attached hydrogen (secondary N) is 1. The second kappa shape index (κ2) is 6.54. The van der Waals surface area contributed by atoms with Gasteiger partial charge in [-0.3, -0.25) is 4.79 Å². The SMILES string of the molecule is Cc1ccc(NC(=O)COC(=O)c2cc3c(s2)CCC3)cc1C. The predicted molar refractivity (Wildman–Crippen MR) is 91.2 cm³/mol. The van der Waals surface area contributed by atoms with Crippen molar-refractivity contribution >= 4 is 28.9 Å². The summed E-state index contributed by atoms with van der Waals surface area (Å²) in [6.45, 7) is 3.73. The molecule has 0 saturated heterocycles. The minimum atomic E-state index is -0.417. The van der Waals surface area contributed by atoms with Gasteiger partial charge >= 0.3 is 5.97 Å². The van der Waals surface area contributed by atoms with Crippen LogP contribution < -0.4 is 5.32 Å². The first-order chi connectivity index (χ1) is 11.0. The first-order valence-electron chi connectivity index (χ1n) is 7.69. The number of esters is 1. The van der Waals surface area contributed by atoms with Crippen LogP contribution in [0.5, 0.6) is 0 Å². The van der Waals surface area contributed by atoms with Crippen molar-refractivity contribution in [2.24, 2.45) is 0 Å². The lowest BCUT2D eigenvalue weighted by atomic mass is 10.1. The van der Waals surface area contributed by atoms with E-state index in [-0.39, 0.29) is 12.5 Å². The molecule has 0 bridgehead atoms. The second-order valence-electron chi connectivity index (χ2n) is 5.84. The zero-order valence-corrected chi connectivity index (χ0v) is 14.1. The number of carbonyl (C=O) groups is 2. The van der Waals surface area contributed by atoms with Crippen molar-refractivity contribution in [1.82, 2.24) is 0 Å². The molecule has 0 spiro atoms. The molecule has 3 rings (SSSR count). The Morgan fingerprint density at radius 1 is 1.17 bits per heavy atom. The Kier molecular flexibility index (Phi) is 4.48. The maximum Gasteiger partial charge on any atom is 0.348 e. The number of amides is 1. The van der Waals surface area contributed by atoms with Gasteiger partial charge < -0.3 is 10.1 Å². The summed E-state index contributed by atoms with van der Waals surface area (Å²) in [5, 5.41) is 2.74. The zero-order valence-electron chi connectivity index (χ0n) is 13.3. The molecular weight excluding hydrogens is 310 g/mol. The van der Waals surface area contributed by atoms with E-state index >= 15 is 0 Å². The van der Waals surface area contributed by atoms with Gasteiger partial charge in [-0.1, -0.05) is 6.07 Å². The molecule has 1 heterocycles. The number of aryl methyl sites for hydroxylation is 4. The summed E-state index contributed by atoms with van der Waals surface area (Å²) >= 11 is 1.48. The van der Waals surface area contributed by atoms with Crippen LogP contribution in [0.1, 0.15) is 37.7 Å². The van der Waals surface area contributed by atoms with Crippen molar-refractivity contribution in [2.75, 3.05) is 11.9 Å². The van der Waals surface area contributed by atoms with Crippen molar-refractivity contribution in [3.8, 4) is 0 Å². The Balaban J connectivity index is 1.53. The summed E-state index contributed by atoms with van der Waals surface area (Å²) in [7, 11) is 0. The molecular formula is C18H19NO3S. The van der Waals surface area contributed by atoms with E-state index in [1.807, 2.05) is 38.1 Å². The third kappa shape index (κ3) is 3.62. The number of carbonyl (C=O) groups excluding carboxylic acids is 2. The maximum atomic E-state index is 12.0. The van der Waals surface area contributed by atoms with Crippen LogP contribution in [0.25, 0.3) is 0 Å². The van der Waals surface area contributed by atoms with Gasteiger partial charge in [0.1, 0.15) is 4.88 Å². The Bertz CT molecular complexity index is 742. The summed E-state index contributed by atoms with van der Waals surface area (Å²) in [6.07, 6.45) is 3.24. The highest BCUT2D eigenvalue weighted by molar-refractivity contribution is 7.14. The number of fused-ring (bicyclic) bond motifs is 1. The van der Waals surface area contributed by atoms with Gasteiger partial charge in [-0.05, 0) is 68.0 Å². The van der Waals surface area contributed by atoms with Gasteiger partial charge in [0, 0.05) is 10.6 Å². The molecule has 2 aromatic rings. The monoisotopic (exact) mass is 329 g/mol. The number of hydrogen-bond donors (Lipinski definition) is 1. The standard InChI is InChI=1S/C18H19NO3S/c1-11-6-7-14(8-12(11)2)19-17(20)10-22-18(21)16-9-13-4-3-5-15(13)23-16/h6-9H,3-5,10H2,1-2H3,(H,19,20). The molecule has 1 aromatic carbocycles. The van der Waals surface area contributed by atoms with Crippen molar-refractivity contribution in [2.45, 2.75) is 33.1 Å². The van der Waals surface area contributed by atoms with E-state index in [1.54, 1.807) is 0 Å². The Labute approximate surface area is 139 Å². The van der Waals surface area contributed by atoms with E-state index in [9.17, 15) is 9.59 Å². The molecule has 0 unspecified atom stereocenters. The first kappa shape index (κ1) is 15.7. The molecule has 4 nitrogen and oxygen atoms in total. The summed E-state index contributed by atoms with van der Waals surface area (Å²) < 4.78 is 5.11. The van der Waals surface area contributed by atoms with Gasteiger partial charge in [-0.25, -0.2) is 4.79 Å². The van der Waals surface area contributed by atoms with Gasteiger partial charge in [0.15, 0.2) is 6.61 Å². The van der Waals surface area contributed by atoms with Crippen LogP contribution in [0.4, 0.5) is 5.69 Å². The van der Waals surface area contributed by atoms with Crippen LogP contribution >= 0.6 is 11.3 Å². The van der Waals surface area contributed by atoms with E-state index in [1.165, 1.54) is 27.3 Å². The highest BCUT2D eigenvalue weighted by atomic mass is 32.1. The fourth-order valence-corrected chi connectivity index (χ4v) is 3.80. The topological polar surface area (TPSA) is 55.4 Å². The van der Waals surface area contributed by atoms with Crippen LogP contribution in [0.3, 0.4) is 0 Å². The number of ether oxygens (including phenoxy) is 1. The van der Waals surface area contributed by atoms with Gasteiger partial charge in [-0.2, -0.15) is 0 Å². The highest BCUT2D eigenvalue weighted by Gasteiger charge is 2.19. The lowest BCUT2D eigenvalue weighted by Gasteiger charge is -2.08. The second-order valence-corrected chi connectivity index (χ2v) is 6.97. The van der Waals surface area contributed by atoms with Crippen LogP contribution in [-0.4, -0.2) is 18.5 Å². The lowest BCUT2D eigenvalue weighted by molar-refractivity contribution is -0.119. The molecule has 0 atom stereocenters. The van der Waals surface area contributed by atoms with Crippen molar-refractivity contribution in [3.05, 3.63) is 50.7 Å². The number of hydrogen-bond acceptors (Lipinski definition) is 4. The molecule has 1 N–H and O–H groups in total. The summed E-state index contributed by atoms with van der Waals surface area (Å²) in [5.41, 5.74) is 4.24. The molecule has 0 saturated carbocycles. The maximum absolute atomic E-state index is 12.0. The lowest BCUT2D eigenvalue weighted by Crippen LogP contribution is -2.20. The Morgan fingerprint density at radius 2 is 2.00 bits per heavy atom. The highest BCUT2D eigenvalue weighted by Crippen LogP contribution is 2.30. The first-order valence-corrected chi connectivity index (χ1v) is 8.50. The number of thiophene rings is 1. The normalized spacial score (nSPS) is 12.8. The minimum Gasteiger partial charge on any atom is -0.451 e. The number of rotatable bonds is 4. The molecule has 1 amide bonds. The molecule has 120 valence electrons. The van der Waals surface area contributed by atoms with Gasteiger partial charge in [0.25, 0.3) is 5.91 Å². The van der Waals surface area contributed by atoms with Crippen LogP contribution in [0.15, 0.2) is 24.3 Å². The smallest absolute Gasteiger partial charge is 0.348 e. The van der Waals surface area contributed by atoms with Crippen LogP contribution in [-0.2, 0) is 22.4 Å². The summed E-state index contributed by atoms with van der Waals surface area (Å²) in [5.74, 6) is -0.745. The number of anilines is 1. The molecule has 0 fully saturated rings. The van der Waals surface area contributed by atoms with Crippen LogP contribution in [0.2, 0.25) is 0 Å². The van der Waals surface area contributed by atoms with Gasteiger partial charge in [0.2, 0.25) is 0 Å². The average molecular weight is 329 g/mol. The van der Waals surface area contributed by atoms with E-state index in [4.69, 9.17) is 4.74 Å². The van der Waals surface area contributed by atoms with E-state index in [0.29, 0.717) is 10.6 Å². The third-order valence-electron chi connectivity index (χ3n) is 4.07. The molecule has 23 heavy (non-hydrogen) atoms. The molecule has 1 aromatic heterocycles. The van der Waals surface area contributed by atoms with Gasteiger partial charge in [-0.15, -0.1) is 11.3 Å². The minimum absolute atomic E-state index is 0.270. The molecule has 0 radical (unpaired) electrons. The largest absolute Gasteiger partial charge is 0.451 e. The van der Waals surface area contributed by atoms with E-state index in [2.05, 4.69) is 5.32 Å². The van der Waals surface area contributed by atoms with Crippen molar-refractivity contribution in [3.63, 3.8) is 0 Å². The molecule has 1 aliphatic rings. The average Bonchev–Trinajstić information content (AvgIpc) is 3.10. The quantitative estimate of drug-likeness (QED) is 0.871. The predicted octanol–water partition coefficient (Wildman–Crippen LogP) is 3.65. The molecule has 1 aliphatic carbocycles. The summed E-state index contributed by atoms with van der Waals surface area (Å²) in [6, 6.07) is 7.59. The summed E-state index contributed by atoms with van der Waals surface area (Å²) in [4.78, 5) is 25.8. The molecule has 0 aliphatic heterocycles. The number of benzene rings is 1. The Hall–Kier alpha value is -2.14. The zero-order chi connectivity index (χ0) is 16.4. The van der Waals surface area contributed by atoms with E-state index in [0.717, 1.165) is 24.8 Å².